The molecule has 1 aliphatic heterocycles. The fourth-order valence-corrected chi connectivity index (χ4v) is 4.63. The number of hydrogen-bond donors (Lipinski definition) is 1. The van der Waals surface area contributed by atoms with E-state index in [0.29, 0.717) is 18.7 Å². The van der Waals surface area contributed by atoms with E-state index in [1.807, 2.05) is 0 Å². The third-order valence-electron chi connectivity index (χ3n) is 4.79. The minimum absolute atomic E-state index is 0.0832. The number of amides is 2. The maximum absolute atomic E-state index is 12.9. The zero-order valence-electron chi connectivity index (χ0n) is 15.6. The molecule has 2 aromatic rings. The lowest BCUT2D eigenvalue weighted by molar-refractivity contribution is -0.117. The zero-order chi connectivity index (χ0) is 20.5. The molecule has 2 aromatic carbocycles. The van der Waals surface area contributed by atoms with Crippen LogP contribution in [0.4, 0.5) is 15.8 Å². The van der Waals surface area contributed by atoms with Gasteiger partial charge in [0.25, 0.3) is 0 Å². The molecular weight excluding hydrogens is 383 g/mol. The number of nitrogens with zero attached hydrogens (tertiary/aromatic N) is 1. The van der Waals surface area contributed by atoms with Crippen LogP contribution in [0.15, 0.2) is 47.4 Å². The molecule has 0 aromatic heterocycles. The van der Waals surface area contributed by atoms with E-state index in [0.717, 1.165) is 11.3 Å². The first kappa shape index (κ1) is 20.0. The highest BCUT2D eigenvalue weighted by molar-refractivity contribution is 7.92. The van der Waals surface area contributed by atoms with Crippen LogP contribution in [0.3, 0.4) is 0 Å². The molecule has 0 bridgehead atoms. The van der Waals surface area contributed by atoms with Crippen LogP contribution in [0.5, 0.6) is 0 Å². The van der Waals surface area contributed by atoms with Crippen LogP contribution in [0.25, 0.3) is 0 Å². The fraction of sp³-hybridized carbons (Fsp3) is 0.300. The van der Waals surface area contributed by atoms with E-state index in [1.54, 1.807) is 17.0 Å². The van der Waals surface area contributed by atoms with E-state index in [2.05, 4.69) is 5.32 Å². The van der Waals surface area contributed by atoms with Crippen LogP contribution in [0.2, 0.25) is 0 Å². The van der Waals surface area contributed by atoms with Crippen molar-refractivity contribution in [3.63, 3.8) is 0 Å². The van der Waals surface area contributed by atoms with Gasteiger partial charge >= 0.3 is 0 Å². The standard InChI is InChI=1S/C20H21FN2O4S/c1-13(11-20(25)22-17-5-3-16(21)4-6-17)28(26,27)18-7-8-19-15(12-18)9-10-23(19)14(2)24/h3-8,12-13H,9-11H2,1-2H3,(H,22,25). The van der Waals surface area contributed by atoms with E-state index >= 15 is 0 Å². The number of fused-ring (bicyclic) bond motifs is 1. The number of carbonyl (C=O) groups is 2. The quantitative estimate of drug-likeness (QED) is 0.831. The normalized spacial score (nSPS) is 14.5. The molecule has 0 radical (unpaired) electrons. The third-order valence-corrected chi connectivity index (χ3v) is 6.92. The van der Waals surface area contributed by atoms with Crippen molar-refractivity contribution in [2.45, 2.75) is 36.8 Å². The summed E-state index contributed by atoms with van der Waals surface area (Å²) < 4.78 is 38.7. The Balaban J connectivity index is 1.72. The van der Waals surface area contributed by atoms with E-state index < -0.39 is 26.8 Å². The zero-order valence-corrected chi connectivity index (χ0v) is 16.4. The van der Waals surface area contributed by atoms with Gasteiger partial charge in [0.2, 0.25) is 11.8 Å². The van der Waals surface area contributed by atoms with Crippen LogP contribution in [0, 0.1) is 5.82 Å². The van der Waals surface area contributed by atoms with Crippen molar-refractivity contribution < 1.29 is 22.4 Å². The Labute approximate surface area is 163 Å². The summed E-state index contributed by atoms with van der Waals surface area (Å²) in [6, 6.07) is 9.95. The number of halogens is 1. The molecule has 28 heavy (non-hydrogen) atoms. The number of benzene rings is 2. The lowest BCUT2D eigenvalue weighted by atomic mass is 10.2. The summed E-state index contributed by atoms with van der Waals surface area (Å²) in [5.41, 5.74) is 1.94. The molecule has 1 N–H and O–H groups in total. The average molecular weight is 404 g/mol. The molecule has 1 aliphatic rings. The number of nitrogens with one attached hydrogen (secondary N) is 1. The van der Waals surface area contributed by atoms with Crippen LogP contribution in [-0.4, -0.2) is 32.0 Å². The predicted octanol–water partition coefficient (Wildman–Crippen LogP) is 2.93. The molecule has 0 spiro atoms. The topological polar surface area (TPSA) is 83.6 Å². The Morgan fingerprint density at radius 1 is 1.18 bits per heavy atom. The second-order valence-corrected chi connectivity index (χ2v) is 9.19. The number of anilines is 2. The number of rotatable bonds is 5. The number of sulfone groups is 1. The van der Waals surface area contributed by atoms with E-state index in [1.165, 1.54) is 44.2 Å². The first-order valence-electron chi connectivity index (χ1n) is 8.89. The first-order chi connectivity index (χ1) is 13.2. The molecule has 8 heteroatoms. The monoisotopic (exact) mass is 404 g/mol. The van der Waals surface area contributed by atoms with Crippen molar-refractivity contribution in [1.82, 2.24) is 0 Å². The third kappa shape index (κ3) is 4.06. The molecule has 1 unspecified atom stereocenters. The molecule has 0 saturated heterocycles. The molecule has 0 aliphatic carbocycles. The summed E-state index contributed by atoms with van der Waals surface area (Å²) in [6.45, 7) is 3.49. The number of hydrogen-bond acceptors (Lipinski definition) is 4. The SMILES string of the molecule is CC(=O)N1CCc2cc(S(=O)(=O)C(C)CC(=O)Nc3ccc(F)cc3)ccc21. The molecule has 1 heterocycles. The summed E-state index contributed by atoms with van der Waals surface area (Å²) in [6.07, 6.45) is 0.369. The van der Waals surface area contributed by atoms with Gasteiger partial charge in [0.05, 0.1) is 10.1 Å². The summed E-state index contributed by atoms with van der Waals surface area (Å²) in [7, 11) is -3.72. The van der Waals surface area contributed by atoms with Crippen LogP contribution < -0.4 is 10.2 Å². The summed E-state index contributed by atoms with van der Waals surface area (Å²) in [4.78, 5) is 25.6. The van der Waals surface area contributed by atoms with Gasteiger partial charge in [0, 0.05) is 31.3 Å². The van der Waals surface area contributed by atoms with Crippen molar-refractivity contribution >= 4 is 33.0 Å². The molecule has 148 valence electrons. The van der Waals surface area contributed by atoms with Crippen LogP contribution in [0.1, 0.15) is 25.8 Å². The lowest BCUT2D eigenvalue weighted by Crippen LogP contribution is -2.26. The minimum Gasteiger partial charge on any atom is -0.326 e. The van der Waals surface area contributed by atoms with Crippen molar-refractivity contribution in [3.05, 3.63) is 53.8 Å². The summed E-state index contributed by atoms with van der Waals surface area (Å²) in [5.74, 6) is -0.972. The Morgan fingerprint density at radius 2 is 1.86 bits per heavy atom. The highest BCUT2D eigenvalue weighted by atomic mass is 32.2. The van der Waals surface area contributed by atoms with Gasteiger partial charge in [-0.3, -0.25) is 9.59 Å². The second-order valence-electron chi connectivity index (χ2n) is 6.83. The molecule has 2 amide bonds. The van der Waals surface area contributed by atoms with Crippen LogP contribution >= 0.6 is 0 Å². The average Bonchev–Trinajstić information content (AvgIpc) is 3.07. The van der Waals surface area contributed by atoms with Crippen LogP contribution in [-0.2, 0) is 25.8 Å². The molecular formula is C20H21FN2O4S. The maximum atomic E-state index is 12.9. The van der Waals surface area contributed by atoms with E-state index in [9.17, 15) is 22.4 Å². The Hall–Kier alpha value is -2.74. The van der Waals surface area contributed by atoms with Gasteiger partial charge < -0.3 is 10.2 Å². The first-order valence-corrected chi connectivity index (χ1v) is 10.4. The molecule has 6 nitrogen and oxygen atoms in total. The Kier molecular flexibility index (Phi) is 5.51. The predicted molar refractivity (Wildman–Crippen MR) is 104 cm³/mol. The highest BCUT2D eigenvalue weighted by Gasteiger charge is 2.29. The van der Waals surface area contributed by atoms with Gasteiger partial charge in [-0.05, 0) is 61.4 Å². The van der Waals surface area contributed by atoms with Crippen molar-refractivity contribution in [3.8, 4) is 0 Å². The summed E-state index contributed by atoms with van der Waals surface area (Å²) >= 11 is 0. The number of carbonyl (C=O) groups excluding carboxylic acids is 2. The molecule has 0 saturated carbocycles. The van der Waals surface area contributed by atoms with Crippen molar-refractivity contribution in [1.29, 1.82) is 0 Å². The van der Waals surface area contributed by atoms with Gasteiger partial charge in [-0.25, -0.2) is 12.8 Å². The van der Waals surface area contributed by atoms with Gasteiger partial charge in [-0.15, -0.1) is 0 Å². The molecule has 3 rings (SSSR count). The smallest absolute Gasteiger partial charge is 0.225 e. The maximum Gasteiger partial charge on any atom is 0.225 e. The lowest BCUT2D eigenvalue weighted by Gasteiger charge is -2.16. The van der Waals surface area contributed by atoms with E-state index in [4.69, 9.17) is 0 Å². The Morgan fingerprint density at radius 3 is 2.50 bits per heavy atom. The summed E-state index contributed by atoms with van der Waals surface area (Å²) in [5, 5.41) is 1.64. The Bertz CT molecular complexity index is 1020. The van der Waals surface area contributed by atoms with Gasteiger partial charge in [-0.1, -0.05) is 0 Å². The van der Waals surface area contributed by atoms with E-state index in [-0.39, 0.29) is 17.2 Å². The van der Waals surface area contributed by atoms with Crippen molar-refractivity contribution in [2.75, 3.05) is 16.8 Å². The fourth-order valence-electron chi connectivity index (χ4n) is 3.23. The van der Waals surface area contributed by atoms with Gasteiger partial charge in [0.1, 0.15) is 5.82 Å². The molecule has 1 atom stereocenters. The van der Waals surface area contributed by atoms with Gasteiger partial charge in [-0.2, -0.15) is 0 Å². The second kappa shape index (κ2) is 7.71. The minimum atomic E-state index is -3.72. The largest absolute Gasteiger partial charge is 0.326 e. The van der Waals surface area contributed by atoms with Gasteiger partial charge in [0.15, 0.2) is 9.84 Å². The highest BCUT2D eigenvalue weighted by Crippen LogP contribution is 2.31. The van der Waals surface area contributed by atoms with Crippen molar-refractivity contribution in [2.24, 2.45) is 0 Å². The molecule has 0 fully saturated rings.